The third-order valence-corrected chi connectivity index (χ3v) is 3.00. The second kappa shape index (κ2) is 11.7. The van der Waals surface area contributed by atoms with E-state index in [0.717, 1.165) is 5.56 Å². The second-order valence-electron chi connectivity index (χ2n) is 4.86. The number of aliphatic hydroxyl groups is 1. The van der Waals surface area contributed by atoms with Gasteiger partial charge in [-0.25, -0.2) is 0 Å². The molecule has 1 unspecified atom stereocenters. The zero-order chi connectivity index (χ0) is 17.6. The first-order valence-corrected chi connectivity index (χ1v) is 7.54. The average Bonchev–Trinajstić information content (AvgIpc) is 2.58. The number of aliphatic hydroxyl groups excluding tert-OH is 1. The zero-order valence-corrected chi connectivity index (χ0v) is 13.3. The van der Waals surface area contributed by atoms with Gasteiger partial charge in [-0.3, -0.25) is 9.59 Å². The Balaban J connectivity index is 2.18. The van der Waals surface area contributed by atoms with Crippen molar-refractivity contribution in [3.8, 4) is 23.7 Å². The fraction of sp³-hybridized carbons (Fsp3) is 0.333. The van der Waals surface area contributed by atoms with Crippen LogP contribution in [0.4, 0.5) is 0 Å². The lowest BCUT2D eigenvalue weighted by Crippen LogP contribution is -2.32. The molecule has 1 rings (SSSR count). The third kappa shape index (κ3) is 8.60. The van der Waals surface area contributed by atoms with Crippen molar-refractivity contribution in [3.63, 3.8) is 0 Å². The van der Waals surface area contributed by atoms with Crippen LogP contribution in [0.2, 0.25) is 0 Å². The molecule has 6 heteroatoms. The molecule has 6 nitrogen and oxygen atoms in total. The number of nitrogens with one attached hydrogen (secondary N) is 2. The van der Waals surface area contributed by atoms with Crippen molar-refractivity contribution >= 4 is 11.8 Å². The minimum atomic E-state index is -0.365. The summed E-state index contributed by atoms with van der Waals surface area (Å²) in [4.78, 5) is 23.3. The first-order chi connectivity index (χ1) is 11.6. The Morgan fingerprint density at radius 1 is 1.08 bits per heavy atom. The predicted octanol–water partition coefficient (Wildman–Crippen LogP) is -0.302. The molecule has 0 aromatic heterocycles. The van der Waals surface area contributed by atoms with Crippen LogP contribution < -0.4 is 16.4 Å². The number of hydrogen-bond acceptors (Lipinski definition) is 4. The largest absolute Gasteiger partial charge is 0.384 e. The van der Waals surface area contributed by atoms with Crippen molar-refractivity contribution in [3.05, 3.63) is 35.9 Å². The summed E-state index contributed by atoms with van der Waals surface area (Å²) in [6, 6.07) is 9.01. The standard InChI is InChI=1S/C18H21N3O3/c19-16(15-8-4-3-5-9-15)14-18(24)21-12-10-17(23)20-11-6-1-2-7-13-22/h3-5,8-9,16,22H,10-14,19H2,(H,20,23)(H,21,24). The quantitative estimate of drug-likeness (QED) is 0.516. The van der Waals surface area contributed by atoms with Gasteiger partial charge in [-0.1, -0.05) is 42.2 Å². The molecule has 0 spiro atoms. The minimum Gasteiger partial charge on any atom is -0.384 e. The van der Waals surface area contributed by atoms with Crippen molar-refractivity contribution in [2.45, 2.75) is 18.9 Å². The van der Waals surface area contributed by atoms with Gasteiger partial charge >= 0.3 is 0 Å². The number of nitrogens with two attached hydrogens (primary N) is 1. The summed E-state index contributed by atoms with van der Waals surface area (Å²) in [6.07, 6.45) is 0.330. The summed E-state index contributed by atoms with van der Waals surface area (Å²) in [6.45, 7) is 0.171. The van der Waals surface area contributed by atoms with Gasteiger partial charge in [-0.05, 0) is 17.4 Å². The molecule has 0 bridgehead atoms. The van der Waals surface area contributed by atoms with Gasteiger partial charge < -0.3 is 21.5 Å². The van der Waals surface area contributed by atoms with Crippen LogP contribution in [0, 0.1) is 23.7 Å². The maximum absolute atomic E-state index is 11.8. The summed E-state index contributed by atoms with van der Waals surface area (Å²) in [5.74, 6) is 9.49. The molecule has 24 heavy (non-hydrogen) atoms. The highest BCUT2D eigenvalue weighted by Gasteiger charge is 2.11. The Bertz CT molecular complexity index is 651. The van der Waals surface area contributed by atoms with Crippen molar-refractivity contribution in [2.24, 2.45) is 5.73 Å². The maximum Gasteiger partial charge on any atom is 0.222 e. The summed E-state index contributed by atoms with van der Waals surface area (Å²) < 4.78 is 0. The van der Waals surface area contributed by atoms with Crippen LogP contribution in [0.5, 0.6) is 0 Å². The number of carbonyl (C=O) groups excluding carboxylic acids is 2. The van der Waals surface area contributed by atoms with E-state index in [2.05, 4.69) is 34.3 Å². The van der Waals surface area contributed by atoms with Crippen LogP contribution in [-0.4, -0.2) is 36.6 Å². The molecule has 1 aromatic carbocycles. The van der Waals surface area contributed by atoms with Crippen molar-refractivity contribution in [2.75, 3.05) is 19.7 Å². The average molecular weight is 327 g/mol. The highest BCUT2D eigenvalue weighted by Crippen LogP contribution is 2.12. The van der Waals surface area contributed by atoms with E-state index in [0.29, 0.717) is 0 Å². The van der Waals surface area contributed by atoms with Crippen LogP contribution in [0.25, 0.3) is 0 Å². The van der Waals surface area contributed by atoms with Crippen LogP contribution in [-0.2, 0) is 9.59 Å². The molecule has 0 aliphatic rings. The van der Waals surface area contributed by atoms with Gasteiger partial charge in [0.05, 0.1) is 6.54 Å². The molecule has 0 saturated carbocycles. The number of benzene rings is 1. The molecule has 1 aromatic rings. The molecule has 0 aliphatic heterocycles. The van der Waals surface area contributed by atoms with Crippen LogP contribution in [0.1, 0.15) is 24.4 Å². The van der Waals surface area contributed by atoms with Crippen molar-refractivity contribution in [1.82, 2.24) is 10.6 Å². The first kappa shape index (κ1) is 19.2. The highest BCUT2D eigenvalue weighted by atomic mass is 16.2. The minimum absolute atomic E-state index is 0.163. The molecule has 0 aliphatic carbocycles. The van der Waals surface area contributed by atoms with Gasteiger partial charge in [-0.2, -0.15) is 0 Å². The normalized spacial score (nSPS) is 10.4. The first-order valence-electron chi connectivity index (χ1n) is 7.54. The fourth-order valence-corrected chi connectivity index (χ4v) is 1.81. The van der Waals surface area contributed by atoms with Gasteiger partial charge in [-0.15, -0.1) is 0 Å². The molecule has 0 fully saturated rings. The fourth-order valence-electron chi connectivity index (χ4n) is 1.81. The zero-order valence-electron chi connectivity index (χ0n) is 13.3. The van der Waals surface area contributed by atoms with E-state index in [9.17, 15) is 9.59 Å². The molecule has 5 N–H and O–H groups in total. The van der Waals surface area contributed by atoms with Gasteiger partial charge in [0, 0.05) is 25.4 Å². The SMILES string of the molecule is NC(CC(=O)NCCC(=O)NCC#CC#CCO)c1ccccc1. The number of amides is 2. The summed E-state index contributed by atoms with van der Waals surface area (Å²) in [7, 11) is 0. The predicted molar refractivity (Wildman–Crippen MR) is 91.3 cm³/mol. The van der Waals surface area contributed by atoms with E-state index < -0.39 is 0 Å². The van der Waals surface area contributed by atoms with Gasteiger partial charge in [0.2, 0.25) is 11.8 Å². The summed E-state index contributed by atoms with van der Waals surface area (Å²) >= 11 is 0. The lowest BCUT2D eigenvalue weighted by atomic mass is 10.0. The van der Waals surface area contributed by atoms with E-state index in [1.807, 2.05) is 30.3 Å². The number of carbonyl (C=O) groups is 2. The Morgan fingerprint density at radius 3 is 2.50 bits per heavy atom. The molecule has 0 radical (unpaired) electrons. The molecule has 0 heterocycles. The van der Waals surface area contributed by atoms with E-state index in [4.69, 9.17) is 10.8 Å². The highest BCUT2D eigenvalue weighted by molar-refractivity contribution is 5.79. The van der Waals surface area contributed by atoms with E-state index in [-0.39, 0.29) is 50.4 Å². The maximum atomic E-state index is 11.8. The second-order valence-corrected chi connectivity index (χ2v) is 4.86. The number of hydrogen-bond donors (Lipinski definition) is 4. The molecular formula is C18H21N3O3. The van der Waals surface area contributed by atoms with Crippen LogP contribution in [0.3, 0.4) is 0 Å². The van der Waals surface area contributed by atoms with Gasteiger partial charge in [0.25, 0.3) is 0 Å². The third-order valence-electron chi connectivity index (χ3n) is 3.00. The molecule has 2 amide bonds. The molecule has 1 atom stereocenters. The van der Waals surface area contributed by atoms with E-state index >= 15 is 0 Å². The molecule has 0 saturated heterocycles. The lowest BCUT2D eigenvalue weighted by molar-refractivity contribution is -0.122. The summed E-state index contributed by atoms with van der Waals surface area (Å²) in [5.41, 5.74) is 6.86. The van der Waals surface area contributed by atoms with Gasteiger partial charge in [0.1, 0.15) is 6.61 Å². The Morgan fingerprint density at radius 2 is 1.79 bits per heavy atom. The van der Waals surface area contributed by atoms with Crippen molar-refractivity contribution < 1.29 is 14.7 Å². The Hall–Kier alpha value is -2.80. The smallest absolute Gasteiger partial charge is 0.222 e. The van der Waals surface area contributed by atoms with Crippen LogP contribution >= 0.6 is 0 Å². The van der Waals surface area contributed by atoms with Crippen LogP contribution in [0.15, 0.2) is 30.3 Å². The number of rotatable bonds is 7. The molecule has 126 valence electrons. The topological polar surface area (TPSA) is 104 Å². The lowest BCUT2D eigenvalue weighted by Gasteiger charge is -2.12. The Labute approximate surface area is 141 Å². The van der Waals surface area contributed by atoms with Gasteiger partial charge in [0.15, 0.2) is 0 Å². The molecular weight excluding hydrogens is 306 g/mol. The Kier molecular flexibility index (Phi) is 9.40. The van der Waals surface area contributed by atoms with Crippen molar-refractivity contribution in [1.29, 1.82) is 0 Å². The summed E-state index contributed by atoms with van der Waals surface area (Å²) in [5, 5.41) is 13.7. The van der Waals surface area contributed by atoms with E-state index in [1.165, 1.54) is 0 Å². The monoisotopic (exact) mass is 327 g/mol. The van der Waals surface area contributed by atoms with E-state index in [1.54, 1.807) is 0 Å².